The number of rotatable bonds is 4. The largest absolute Gasteiger partial charge is 0.507 e. The van der Waals surface area contributed by atoms with E-state index in [1.807, 2.05) is 0 Å². The molecule has 0 radical (unpaired) electrons. The van der Waals surface area contributed by atoms with E-state index in [-0.39, 0.29) is 34.3 Å². The summed E-state index contributed by atoms with van der Waals surface area (Å²) in [7, 11) is 0. The minimum atomic E-state index is -4.78. The molecule has 0 amide bonds. The van der Waals surface area contributed by atoms with Crippen LogP contribution in [0.25, 0.3) is 28.3 Å². The molecular formula is C23H15F3N2O4. The molecule has 1 heterocycles. The highest BCUT2D eigenvalue weighted by molar-refractivity contribution is 5.89. The van der Waals surface area contributed by atoms with Crippen LogP contribution in [0.5, 0.6) is 11.5 Å². The molecule has 9 heteroatoms. The summed E-state index contributed by atoms with van der Waals surface area (Å²) in [5.41, 5.74) is -1.08. The Morgan fingerprint density at radius 2 is 1.47 bits per heavy atom. The third-order valence-electron chi connectivity index (χ3n) is 4.80. The molecule has 1 aromatic heterocycles. The third kappa shape index (κ3) is 3.87. The Labute approximate surface area is 179 Å². The van der Waals surface area contributed by atoms with Gasteiger partial charge in [-0.1, -0.05) is 24.3 Å². The van der Waals surface area contributed by atoms with E-state index < -0.39 is 23.3 Å². The van der Waals surface area contributed by atoms with Crippen molar-refractivity contribution in [3.05, 3.63) is 84.1 Å². The highest BCUT2D eigenvalue weighted by atomic mass is 19.4. The van der Waals surface area contributed by atoms with Gasteiger partial charge in [0.25, 0.3) is 0 Å². The minimum absolute atomic E-state index is 0.0667. The molecule has 32 heavy (non-hydrogen) atoms. The first-order valence-electron chi connectivity index (χ1n) is 9.27. The lowest BCUT2D eigenvalue weighted by Crippen LogP contribution is -2.10. The van der Waals surface area contributed by atoms with E-state index in [4.69, 9.17) is 0 Å². The highest BCUT2D eigenvalue weighted by Gasteiger charge is 2.32. The van der Waals surface area contributed by atoms with Crippen molar-refractivity contribution < 1.29 is 33.3 Å². The molecule has 0 fully saturated rings. The number of halogens is 3. The molecule has 4 aromatic rings. The van der Waals surface area contributed by atoms with Gasteiger partial charge >= 0.3 is 12.1 Å². The molecule has 0 aliphatic heterocycles. The maximum Gasteiger partial charge on any atom is 0.416 e. The first-order chi connectivity index (χ1) is 15.1. The number of carboxylic acid groups (broad SMARTS) is 1. The quantitative estimate of drug-likeness (QED) is 0.398. The van der Waals surface area contributed by atoms with Crippen molar-refractivity contribution in [3.8, 4) is 39.8 Å². The van der Waals surface area contributed by atoms with Crippen molar-refractivity contribution in [2.24, 2.45) is 0 Å². The predicted octanol–water partition coefficient (Wildman–Crippen LogP) is 5.33. The van der Waals surface area contributed by atoms with E-state index in [2.05, 4.69) is 4.98 Å². The number of aromatic carboxylic acids is 1. The second kappa shape index (κ2) is 7.77. The fourth-order valence-electron chi connectivity index (χ4n) is 3.29. The summed E-state index contributed by atoms with van der Waals surface area (Å²) in [4.78, 5) is 15.9. The number of hydrogen-bond acceptors (Lipinski definition) is 4. The molecule has 0 aliphatic rings. The fourth-order valence-corrected chi connectivity index (χ4v) is 3.29. The van der Waals surface area contributed by atoms with Gasteiger partial charge in [-0.3, -0.25) is 4.57 Å². The second-order valence-electron chi connectivity index (χ2n) is 6.93. The van der Waals surface area contributed by atoms with Gasteiger partial charge < -0.3 is 15.3 Å². The SMILES string of the molecule is O=C(O)c1cc(-n2cc(-c3ccccc3O)nc2-c2ccccc2O)cc(C(F)(F)F)c1. The number of alkyl halides is 3. The van der Waals surface area contributed by atoms with Crippen LogP contribution in [0, 0.1) is 0 Å². The van der Waals surface area contributed by atoms with Crippen LogP contribution in [0.1, 0.15) is 15.9 Å². The first-order valence-corrected chi connectivity index (χ1v) is 9.27. The van der Waals surface area contributed by atoms with Crippen LogP contribution in [-0.4, -0.2) is 30.8 Å². The monoisotopic (exact) mass is 440 g/mol. The number of para-hydroxylation sites is 2. The number of carboxylic acids is 1. The predicted molar refractivity (Wildman–Crippen MR) is 110 cm³/mol. The number of imidazole rings is 1. The van der Waals surface area contributed by atoms with Gasteiger partial charge in [0, 0.05) is 17.4 Å². The number of phenolic OH excluding ortho intramolecular Hbond substituents is 2. The first kappa shape index (κ1) is 21.0. The molecule has 162 valence electrons. The van der Waals surface area contributed by atoms with E-state index in [0.29, 0.717) is 11.6 Å². The second-order valence-corrected chi connectivity index (χ2v) is 6.93. The Morgan fingerprint density at radius 1 is 0.875 bits per heavy atom. The molecule has 0 unspecified atom stereocenters. The average molecular weight is 440 g/mol. The maximum absolute atomic E-state index is 13.4. The van der Waals surface area contributed by atoms with Gasteiger partial charge in [0.15, 0.2) is 0 Å². The number of benzene rings is 3. The third-order valence-corrected chi connectivity index (χ3v) is 4.80. The van der Waals surface area contributed by atoms with Gasteiger partial charge in [-0.05, 0) is 42.5 Å². The zero-order valence-electron chi connectivity index (χ0n) is 16.2. The normalized spacial score (nSPS) is 11.5. The lowest BCUT2D eigenvalue weighted by molar-refractivity contribution is -0.137. The number of aromatic nitrogens is 2. The molecule has 3 aromatic carbocycles. The Morgan fingerprint density at radius 3 is 2.03 bits per heavy atom. The van der Waals surface area contributed by atoms with Crippen LogP contribution >= 0.6 is 0 Å². The van der Waals surface area contributed by atoms with Gasteiger partial charge in [-0.15, -0.1) is 0 Å². The van der Waals surface area contributed by atoms with Crippen LogP contribution in [0.15, 0.2) is 72.9 Å². The van der Waals surface area contributed by atoms with Gasteiger partial charge in [0.05, 0.1) is 22.4 Å². The van der Waals surface area contributed by atoms with Gasteiger partial charge in [0.2, 0.25) is 0 Å². The Balaban J connectivity index is 2.02. The number of aromatic hydroxyl groups is 2. The standard InChI is InChI=1S/C23H15F3N2O4/c24-23(25,26)14-9-13(22(31)32)10-15(11-14)28-12-18(16-5-1-3-7-19(16)29)27-21(28)17-6-2-4-8-20(17)30/h1-12,29-30H,(H,31,32). The summed E-state index contributed by atoms with van der Waals surface area (Å²) in [5.74, 6) is -1.73. The molecule has 3 N–H and O–H groups in total. The van der Waals surface area contributed by atoms with E-state index in [1.165, 1.54) is 29.0 Å². The topological polar surface area (TPSA) is 95.6 Å². The molecular weight excluding hydrogens is 425 g/mol. The molecule has 0 aliphatic carbocycles. The molecule has 6 nitrogen and oxygen atoms in total. The fraction of sp³-hybridized carbons (Fsp3) is 0.0435. The summed E-state index contributed by atoms with van der Waals surface area (Å²) in [6.45, 7) is 0. The minimum Gasteiger partial charge on any atom is -0.507 e. The number of phenols is 2. The average Bonchev–Trinajstić information content (AvgIpc) is 3.18. The lowest BCUT2D eigenvalue weighted by Gasteiger charge is -2.13. The number of nitrogens with zero attached hydrogens (tertiary/aromatic N) is 2. The van der Waals surface area contributed by atoms with Crippen molar-refractivity contribution in [3.63, 3.8) is 0 Å². The molecule has 0 bridgehead atoms. The summed E-state index contributed by atoms with van der Waals surface area (Å²) in [6, 6.07) is 14.8. The summed E-state index contributed by atoms with van der Waals surface area (Å²) < 4.78 is 41.6. The van der Waals surface area contributed by atoms with Crippen LogP contribution in [0.2, 0.25) is 0 Å². The van der Waals surface area contributed by atoms with Crippen molar-refractivity contribution in [1.29, 1.82) is 0 Å². The van der Waals surface area contributed by atoms with Crippen LogP contribution < -0.4 is 0 Å². The van der Waals surface area contributed by atoms with Crippen molar-refractivity contribution in [1.82, 2.24) is 9.55 Å². The Bertz CT molecular complexity index is 1330. The highest BCUT2D eigenvalue weighted by Crippen LogP contribution is 2.37. The number of carbonyl (C=O) groups is 1. The molecule has 0 spiro atoms. The van der Waals surface area contributed by atoms with Crippen LogP contribution in [-0.2, 0) is 6.18 Å². The summed E-state index contributed by atoms with van der Waals surface area (Å²) in [5, 5.41) is 29.9. The molecule has 0 saturated heterocycles. The van der Waals surface area contributed by atoms with E-state index in [1.54, 1.807) is 30.3 Å². The maximum atomic E-state index is 13.4. The Kier molecular flexibility index (Phi) is 5.09. The van der Waals surface area contributed by atoms with E-state index in [9.17, 15) is 33.3 Å². The van der Waals surface area contributed by atoms with Crippen molar-refractivity contribution in [2.75, 3.05) is 0 Å². The van der Waals surface area contributed by atoms with E-state index >= 15 is 0 Å². The molecule has 0 atom stereocenters. The smallest absolute Gasteiger partial charge is 0.416 e. The molecule has 4 rings (SSSR count). The van der Waals surface area contributed by atoms with Crippen LogP contribution in [0.3, 0.4) is 0 Å². The van der Waals surface area contributed by atoms with E-state index in [0.717, 1.165) is 12.1 Å². The lowest BCUT2D eigenvalue weighted by atomic mass is 10.1. The Hall–Kier alpha value is -4.27. The van der Waals surface area contributed by atoms with Crippen molar-refractivity contribution >= 4 is 5.97 Å². The zero-order valence-corrected chi connectivity index (χ0v) is 16.2. The number of hydrogen-bond donors (Lipinski definition) is 3. The summed E-state index contributed by atoms with van der Waals surface area (Å²) in [6.07, 6.45) is -3.41. The summed E-state index contributed by atoms with van der Waals surface area (Å²) >= 11 is 0. The van der Waals surface area contributed by atoms with Gasteiger partial charge in [0.1, 0.15) is 17.3 Å². The van der Waals surface area contributed by atoms with Crippen molar-refractivity contribution in [2.45, 2.75) is 6.18 Å². The van der Waals surface area contributed by atoms with Gasteiger partial charge in [-0.25, -0.2) is 9.78 Å². The van der Waals surface area contributed by atoms with Crippen LogP contribution in [0.4, 0.5) is 13.2 Å². The van der Waals surface area contributed by atoms with Gasteiger partial charge in [-0.2, -0.15) is 13.2 Å². The molecule has 0 saturated carbocycles. The zero-order chi connectivity index (χ0) is 23.0.